The van der Waals surface area contributed by atoms with Crippen LogP contribution in [-0.2, 0) is 0 Å². The number of hydrogen-bond donors (Lipinski definition) is 1. The summed E-state index contributed by atoms with van der Waals surface area (Å²) in [4.78, 5) is 0. The first-order valence-corrected chi connectivity index (χ1v) is 4.16. The molecule has 1 rings (SSSR count). The van der Waals surface area contributed by atoms with Crippen molar-refractivity contribution >= 4 is 6.21 Å². The van der Waals surface area contributed by atoms with E-state index in [2.05, 4.69) is 5.16 Å². The number of rotatable bonds is 3. The summed E-state index contributed by atoms with van der Waals surface area (Å²) in [7, 11) is 0. The quantitative estimate of drug-likeness (QED) is 0.439. The zero-order valence-electron chi connectivity index (χ0n) is 7.77. The van der Waals surface area contributed by atoms with Crippen molar-refractivity contribution < 1.29 is 9.94 Å². The van der Waals surface area contributed by atoms with Crippen molar-refractivity contribution in [1.82, 2.24) is 0 Å². The number of hydrogen-bond acceptors (Lipinski definition) is 3. The van der Waals surface area contributed by atoms with Crippen molar-refractivity contribution in [2.24, 2.45) is 5.16 Å². The topological polar surface area (TPSA) is 41.8 Å². The zero-order valence-corrected chi connectivity index (χ0v) is 7.77. The van der Waals surface area contributed by atoms with E-state index >= 15 is 0 Å². The molecule has 1 N–H and O–H groups in total. The van der Waals surface area contributed by atoms with Crippen LogP contribution in [0.2, 0.25) is 0 Å². The average Bonchev–Trinajstić information content (AvgIpc) is 2.08. The van der Waals surface area contributed by atoms with E-state index in [-0.39, 0.29) is 6.10 Å². The Hall–Kier alpha value is -1.51. The molecule has 0 fully saturated rings. The SMILES string of the molecule is CC(C)Oc1ccc(/C=N\O)cc1. The van der Waals surface area contributed by atoms with Crippen molar-refractivity contribution in [2.75, 3.05) is 0 Å². The summed E-state index contributed by atoms with van der Waals surface area (Å²) < 4.78 is 5.44. The summed E-state index contributed by atoms with van der Waals surface area (Å²) in [5.74, 6) is 0.824. The molecule has 0 saturated heterocycles. The molecule has 0 aliphatic heterocycles. The van der Waals surface area contributed by atoms with Gasteiger partial charge in [0, 0.05) is 0 Å². The largest absolute Gasteiger partial charge is 0.491 e. The third-order valence-corrected chi connectivity index (χ3v) is 1.46. The molecule has 13 heavy (non-hydrogen) atoms. The molecule has 0 amide bonds. The predicted octanol–water partition coefficient (Wildman–Crippen LogP) is 2.28. The van der Waals surface area contributed by atoms with Gasteiger partial charge in [-0.3, -0.25) is 0 Å². The number of oxime groups is 1. The van der Waals surface area contributed by atoms with Crippen LogP contribution in [0.5, 0.6) is 5.75 Å². The lowest BCUT2D eigenvalue weighted by Crippen LogP contribution is -2.05. The first kappa shape index (κ1) is 9.58. The van der Waals surface area contributed by atoms with Gasteiger partial charge in [-0.15, -0.1) is 0 Å². The van der Waals surface area contributed by atoms with Gasteiger partial charge in [-0.2, -0.15) is 0 Å². The van der Waals surface area contributed by atoms with Crippen LogP contribution in [0.4, 0.5) is 0 Å². The molecule has 0 aliphatic carbocycles. The summed E-state index contributed by atoms with van der Waals surface area (Å²) in [5.41, 5.74) is 0.846. The smallest absolute Gasteiger partial charge is 0.119 e. The third kappa shape index (κ3) is 3.15. The Labute approximate surface area is 77.6 Å². The van der Waals surface area contributed by atoms with Gasteiger partial charge < -0.3 is 9.94 Å². The lowest BCUT2D eigenvalue weighted by atomic mass is 10.2. The zero-order chi connectivity index (χ0) is 9.68. The van der Waals surface area contributed by atoms with Crippen molar-refractivity contribution in [3.8, 4) is 5.75 Å². The molecule has 0 aliphatic rings. The fourth-order valence-electron chi connectivity index (χ4n) is 0.971. The molecule has 1 aromatic rings. The van der Waals surface area contributed by atoms with Crippen LogP contribution in [0.1, 0.15) is 19.4 Å². The molecule has 3 nitrogen and oxygen atoms in total. The van der Waals surface area contributed by atoms with Gasteiger partial charge in [-0.25, -0.2) is 0 Å². The van der Waals surface area contributed by atoms with Crippen molar-refractivity contribution in [3.63, 3.8) is 0 Å². The van der Waals surface area contributed by atoms with Crippen LogP contribution in [0.3, 0.4) is 0 Å². The fourth-order valence-corrected chi connectivity index (χ4v) is 0.971. The van der Waals surface area contributed by atoms with Gasteiger partial charge in [0.25, 0.3) is 0 Å². The fraction of sp³-hybridized carbons (Fsp3) is 0.300. The lowest BCUT2D eigenvalue weighted by molar-refractivity contribution is 0.242. The van der Waals surface area contributed by atoms with Crippen molar-refractivity contribution in [1.29, 1.82) is 0 Å². The summed E-state index contributed by atoms with van der Waals surface area (Å²) in [6.45, 7) is 3.95. The van der Waals surface area contributed by atoms with Gasteiger partial charge in [0.1, 0.15) is 5.75 Å². The van der Waals surface area contributed by atoms with E-state index in [1.165, 1.54) is 6.21 Å². The standard InChI is InChI=1S/C10H13NO2/c1-8(2)13-10-5-3-9(4-6-10)7-11-12/h3-8,12H,1-2H3/b11-7-. The van der Waals surface area contributed by atoms with Crippen LogP contribution in [0.25, 0.3) is 0 Å². The summed E-state index contributed by atoms with van der Waals surface area (Å²) in [6.07, 6.45) is 1.55. The first-order valence-electron chi connectivity index (χ1n) is 4.16. The van der Waals surface area contributed by atoms with E-state index in [4.69, 9.17) is 9.94 Å². The highest BCUT2D eigenvalue weighted by Crippen LogP contribution is 2.12. The van der Waals surface area contributed by atoms with E-state index in [1.807, 2.05) is 38.1 Å². The van der Waals surface area contributed by atoms with E-state index in [0.717, 1.165) is 11.3 Å². The third-order valence-electron chi connectivity index (χ3n) is 1.46. The monoisotopic (exact) mass is 179 g/mol. The number of benzene rings is 1. The second kappa shape index (κ2) is 4.50. The number of ether oxygens (including phenoxy) is 1. The van der Waals surface area contributed by atoms with Crippen molar-refractivity contribution in [3.05, 3.63) is 29.8 Å². The van der Waals surface area contributed by atoms with Gasteiger partial charge in [0.15, 0.2) is 0 Å². The van der Waals surface area contributed by atoms with Gasteiger partial charge in [0.2, 0.25) is 0 Å². The molecule has 0 bridgehead atoms. The van der Waals surface area contributed by atoms with Gasteiger partial charge in [0.05, 0.1) is 12.3 Å². The lowest BCUT2D eigenvalue weighted by Gasteiger charge is -2.08. The molecule has 0 spiro atoms. The maximum Gasteiger partial charge on any atom is 0.119 e. The Balaban J connectivity index is 2.69. The van der Waals surface area contributed by atoms with Crippen molar-refractivity contribution in [2.45, 2.75) is 20.0 Å². The normalized spacial score (nSPS) is 11.0. The van der Waals surface area contributed by atoms with Gasteiger partial charge >= 0.3 is 0 Å². The molecule has 70 valence electrons. The number of nitrogens with zero attached hydrogens (tertiary/aromatic N) is 1. The Morgan fingerprint density at radius 3 is 2.38 bits per heavy atom. The summed E-state index contributed by atoms with van der Waals surface area (Å²) in [5, 5.41) is 11.2. The predicted molar refractivity (Wildman–Crippen MR) is 51.6 cm³/mol. The Morgan fingerprint density at radius 2 is 1.92 bits per heavy atom. The van der Waals surface area contributed by atoms with Gasteiger partial charge in [-0.1, -0.05) is 5.16 Å². The molecule has 3 heteroatoms. The van der Waals surface area contributed by atoms with Crippen LogP contribution >= 0.6 is 0 Å². The maximum absolute atomic E-state index is 8.27. The molecular weight excluding hydrogens is 166 g/mol. The Kier molecular flexibility index (Phi) is 3.31. The molecular formula is C10H13NO2. The molecule has 0 atom stereocenters. The van der Waals surface area contributed by atoms with Crippen LogP contribution < -0.4 is 4.74 Å². The Bertz CT molecular complexity index is 277. The Morgan fingerprint density at radius 1 is 1.31 bits per heavy atom. The van der Waals surface area contributed by atoms with Crippen LogP contribution in [-0.4, -0.2) is 17.5 Å². The molecule has 1 aromatic carbocycles. The highest BCUT2D eigenvalue weighted by molar-refractivity contribution is 5.79. The molecule has 0 radical (unpaired) electrons. The molecule has 0 saturated carbocycles. The molecule has 0 unspecified atom stereocenters. The molecule has 0 heterocycles. The van der Waals surface area contributed by atoms with Gasteiger partial charge in [-0.05, 0) is 43.7 Å². The minimum Gasteiger partial charge on any atom is -0.491 e. The minimum atomic E-state index is 0.178. The first-order chi connectivity index (χ1) is 6.22. The average molecular weight is 179 g/mol. The van der Waals surface area contributed by atoms with Crippen LogP contribution in [0.15, 0.2) is 29.4 Å². The van der Waals surface area contributed by atoms with E-state index in [0.29, 0.717) is 0 Å². The maximum atomic E-state index is 8.27. The second-order valence-electron chi connectivity index (χ2n) is 2.98. The molecule has 0 aromatic heterocycles. The minimum absolute atomic E-state index is 0.178. The summed E-state index contributed by atoms with van der Waals surface area (Å²) in [6, 6.07) is 7.35. The van der Waals surface area contributed by atoms with Crippen LogP contribution in [0, 0.1) is 0 Å². The highest BCUT2D eigenvalue weighted by atomic mass is 16.5. The van der Waals surface area contributed by atoms with E-state index in [9.17, 15) is 0 Å². The second-order valence-corrected chi connectivity index (χ2v) is 2.98. The summed E-state index contributed by atoms with van der Waals surface area (Å²) >= 11 is 0. The highest BCUT2D eigenvalue weighted by Gasteiger charge is 1.96. The van der Waals surface area contributed by atoms with E-state index < -0.39 is 0 Å². The van der Waals surface area contributed by atoms with E-state index in [1.54, 1.807) is 0 Å².